The summed E-state index contributed by atoms with van der Waals surface area (Å²) in [6, 6.07) is 5.16. The second-order valence-corrected chi connectivity index (χ2v) is 6.37. The number of aromatic hydroxyl groups is 1. The molecule has 1 fully saturated rings. The molecule has 0 saturated carbocycles. The van der Waals surface area contributed by atoms with Gasteiger partial charge in [0.15, 0.2) is 5.78 Å². The SMILES string of the molecule is CC(Cc1ccc(O)c(I)c1)C(=O)CON1C(=O)CCC1=O. The summed E-state index contributed by atoms with van der Waals surface area (Å²) in [5.41, 5.74) is 0.927. The number of halogens is 1. The standard InChI is InChI=1S/C15H16INO5/c1-9(6-10-2-3-12(18)11(16)7-10)13(19)8-22-17-14(20)4-5-15(17)21/h2-3,7,9,18H,4-6,8H2,1H3. The highest BCUT2D eigenvalue weighted by molar-refractivity contribution is 14.1. The Morgan fingerprint density at radius 2 is 2.00 bits per heavy atom. The van der Waals surface area contributed by atoms with Crippen LogP contribution in [-0.2, 0) is 25.6 Å². The Kier molecular flexibility index (Phi) is 5.52. The first kappa shape index (κ1) is 16.9. The highest BCUT2D eigenvalue weighted by Crippen LogP contribution is 2.22. The number of hydrogen-bond acceptors (Lipinski definition) is 5. The number of carbonyl (C=O) groups is 3. The van der Waals surface area contributed by atoms with Crippen LogP contribution in [-0.4, -0.2) is 34.4 Å². The lowest BCUT2D eigenvalue weighted by Crippen LogP contribution is -2.33. The third kappa shape index (κ3) is 4.04. The predicted octanol–water partition coefficient (Wildman–Crippen LogP) is 1.83. The molecule has 118 valence electrons. The molecule has 0 aromatic heterocycles. The molecule has 2 rings (SSSR count). The summed E-state index contributed by atoms with van der Waals surface area (Å²) in [5.74, 6) is -1.10. The Balaban J connectivity index is 1.88. The minimum absolute atomic E-state index is 0.133. The van der Waals surface area contributed by atoms with Crippen LogP contribution in [0.4, 0.5) is 0 Å². The minimum Gasteiger partial charge on any atom is -0.507 e. The van der Waals surface area contributed by atoms with Crippen LogP contribution >= 0.6 is 22.6 Å². The molecule has 2 amide bonds. The van der Waals surface area contributed by atoms with Crippen LogP contribution in [0.15, 0.2) is 18.2 Å². The van der Waals surface area contributed by atoms with Gasteiger partial charge in [-0.05, 0) is 46.7 Å². The molecule has 0 aliphatic carbocycles. The van der Waals surface area contributed by atoms with E-state index < -0.39 is 11.8 Å². The summed E-state index contributed by atoms with van der Waals surface area (Å²) in [4.78, 5) is 39.8. The van der Waals surface area contributed by atoms with E-state index in [0.29, 0.717) is 11.5 Å². The number of benzene rings is 1. The molecule has 1 aromatic carbocycles. The first-order chi connectivity index (χ1) is 10.4. The van der Waals surface area contributed by atoms with E-state index in [1.165, 1.54) is 0 Å². The number of Topliss-reactive ketones (excluding diaryl/α,β-unsaturated/α-hetero) is 1. The zero-order valence-corrected chi connectivity index (χ0v) is 14.2. The Labute approximate surface area is 141 Å². The number of imide groups is 1. The molecular weight excluding hydrogens is 401 g/mol. The van der Waals surface area contributed by atoms with Crippen molar-refractivity contribution in [3.05, 3.63) is 27.3 Å². The van der Waals surface area contributed by atoms with Gasteiger partial charge < -0.3 is 5.11 Å². The first-order valence-electron chi connectivity index (χ1n) is 6.87. The minimum atomic E-state index is -0.404. The molecule has 7 heteroatoms. The van der Waals surface area contributed by atoms with Crippen LogP contribution in [0.3, 0.4) is 0 Å². The van der Waals surface area contributed by atoms with Crippen molar-refractivity contribution in [1.82, 2.24) is 5.06 Å². The van der Waals surface area contributed by atoms with Gasteiger partial charge in [-0.1, -0.05) is 13.0 Å². The van der Waals surface area contributed by atoms with E-state index in [1.807, 2.05) is 28.7 Å². The van der Waals surface area contributed by atoms with Gasteiger partial charge in [0.05, 0.1) is 3.57 Å². The van der Waals surface area contributed by atoms with E-state index in [1.54, 1.807) is 19.1 Å². The van der Waals surface area contributed by atoms with Crippen molar-refractivity contribution in [2.24, 2.45) is 5.92 Å². The van der Waals surface area contributed by atoms with Gasteiger partial charge in [0.25, 0.3) is 11.8 Å². The van der Waals surface area contributed by atoms with Gasteiger partial charge in [-0.15, -0.1) is 0 Å². The van der Waals surface area contributed by atoms with E-state index in [0.717, 1.165) is 9.13 Å². The van der Waals surface area contributed by atoms with Gasteiger partial charge >= 0.3 is 0 Å². The van der Waals surface area contributed by atoms with E-state index in [2.05, 4.69) is 0 Å². The van der Waals surface area contributed by atoms with Crippen molar-refractivity contribution >= 4 is 40.2 Å². The Morgan fingerprint density at radius 3 is 2.59 bits per heavy atom. The van der Waals surface area contributed by atoms with E-state index >= 15 is 0 Å². The van der Waals surface area contributed by atoms with Crippen LogP contribution in [0.1, 0.15) is 25.3 Å². The average molecular weight is 417 g/mol. The van der Waals surface area contributed by atoms with Crippen LogP contribution in [0.2, 0.25) is 0 Å². The predicted molar refractivity (Wildman–Crippen MR) is 85.7 cm³/mol. The summed E-state index contributed by atoms with van der Waals surface area (Å²) < 4.78 is 0.722. The number of rotatable bonds is 6. The smallest absolute Gasteiger partial charge is 0.254 e. The van der Waals surface area contributed by atoms with Crippen molar-refractivity contribution in [3.8, 4) is 5.75 Å². The van der Waals surface area contributed by atoms with Crippen molar-refractivity contribution in [2.45, 2.75) is 26.2 Å². The van der Waals surface area contributed by atoms with E-state index in [-0.39, 0.29) is 36.9 Å². The molecule has 0 spiro atoms. The van der Waals surface area contributed by atoms with Crippen molar-refractivity contribution in [3.63, 3.8) is 0 Å². The molecule has 1 aromatic rings. The molecular formula is C15H16INO5. The van der Waals surface area contributed by atoms with Crippen LogP contribution in [0.25, 0.3) is 0 Å². The zero-order chi connectivity index (χ0) is 16.3. The summed E-state index contributed by atoms with van der Waals surface area (Å²) in [7, 11) is 0. The zero-order valence-electron chi connectivity index (χ0n) is 12.0. The number of phenolic OH excluding ortho intramolecular Hbond substituents is 1. The molecule has 1 saturated heterocycles. The van der Waals surface area contributed by atoms with E-state index in [4.69, 9.17) is 4.84 Å². The summed E-state index contributed by atoms with van der Waals surface area (Å²) in [5, 5.41) is 10.2. The summed E-state index contributed by atoms with van der Waals surface area (Å²) in [6.45, 7) is 1.47. The summed E-state index contributed by atoms with van der Waals surface area (Å²) in [6.07, 6.45) is 0.767. The number of phenols is 1. The molecule has 1 aliphatic rings. The lowest BCUT2D eigenvalue weighted by atomic mass is 9.97. The molecule has 1 N–H and O–H groups in total. The third-order valence-electron chi connectivity index (χ3n) is 3.45. The molecule has 1 heterocycles. The molecule has 0 radical (unpaired) electrons. The normalized spacial score (nSPS) is 16.2. The monoisotopic (exact) mass is 417 g/mol. The number of hydrogen-bond donors (Lipinski definition) is 1. The summed E-state index contributed by atoms with van der Waals surface area (Å²) >= 11 is 2.02. The topological polar surface area (TPSA) is 83.9 Å². The Hall–Kier alpha value is -1.48. The molecule has 1 atom stereocenters. The molecule has 1 aliphatic heterocycles. The fourth-order valence-corrected chi connectivity index (χ4v) is 2.70. The lowest BCUT2D eigenvalue weighted by Gasteiger charge is -2.15. The van der Waals surface area contributed by atoms with E-state index in [9.17, 15) is 19.5 Å². The maximum Gasteiger partial charge on any atom is 0.254 e. The van der Waals surface area contributed by atoms with Crippen molar-refractivity contribution in [2.75, 3.05) is 6.61 Å². The molecule has 22 heavy (non-hydrogen) atoms. The maximum absolute atomic E-state index is 12.0. The number of hydroxylamine groups is 2. The number of nitrogens with zero attached hydrogens (tertiary/aromatic N) is 1. The quantitative estimate of drug-likeness (QED) is 0.564. The van der Waals surface area contributed by atoms with Crippen molar-refractivity contribution < 1.29 is 24.3 Å². The largest absolute Gasteiger partial charge is 0.507 e. The Bertz CT molecular complexity index is 600. The number of carbonyl (C=O) groups excluding carboxylic acids is 3. The average Bonchev–Trinajstić information content (AvgIpc) is 2.79. The van der Waals surface area contributed by atoms with Gasteiger partial charge in [0.2, 0.25) is 0 Å². The van der Waals surface area contributed by atoms with Crippen LogP contribution in [0.5, 0.6) is 5.75 Å². The van der Waals surface area contributed by atoms with Gasteiger partial charge in [0, 0.05) is 18.8 Å². The van der Waals surface area contributed by atoms with Crippen molar-refractivity contribution in [1.29, 1.82) is 0 Å². The van der Waals surface area contributed by atoms with Crippen LogP contribution < -0.4 is 0 Å². The number of ketones is 1. The fourth-order valence-electron chi connectivity index (χ4n) is 2.12. The molecule has 1 unspecified atom stereocenters. The Morgan fingerprint density at radius 1 is 1.36 bits per heavy atom. The third-order valence-corrected chi connectivity index (χ3v) is 4.31. The fraction of sp³-hybridized carbons (Fsp3) is 0.400. The highest BCUT2D eigenvalue weighted by atomic mass is 127. The molecule has 6 nitrogen and oxygen atoms in total. The van der Waals surface area contributed by atoms with Crippen LogP contribution in [0, 0.1) is 9.49 Å². The van der Waals surface area contributed by atoms with Gasteiger partial charge in [0.1, 0.15) is 12.4 Å². The lowest BCUT2D eigenvalue weighted by molar-refractivity contribution is -0.188. The first-order valence-corrected chi connectivity index (χ1v) is 7.95. The second-order valence-electron chi connectivity index (χ2n) is 5.21. The van der Waals surface area contributed by atoms with Gasteiger partial charge in [-0.2, -0.15) is 5.06 Å². The van der Waals surface area contributed by atoms with Gasteiger partial charge in [-0.3, -0.25) is 19.2 Å². The second kappa shape index (κ2) is 7.19. The molecule has 0 bridgehead atoms. The maximum atomic E-state index is 12.0. The van der Waals surface area contributed by atoms with Gasteiger partial charge in [-0.25, -0.2) is 0 Å². The highest BCUT2D eigenvalue weighted by Gasteiger charge is 2.31. The number of amides is 2.